The van der Waals surface area contributed by atoms with Crippen molar-refractivity contribution in [3.05, 3.63) is 23.2 Å². The van der Waals surface area contributed by atoms with Gasteiger partial charge in [-0.1, -0.05) is 11.6 Å². The largest absolute Gasteiger partial charge is 0.362 e. The summed E-state index contributed by atoms with van der Waals surface area (Å²) in [6.45, 7) is 1.81. The van der Waals surface area contributed by atoms with Crippen molar-refractivity contribution in [3.8, 4) is 0 Å². The monoisotopic (exact) mass is 187 g/mol. The third-order valence-electron chi connectivity index (χ3n) is 0.939. The summed E-state index contributed by atoms with van der Waals surface area (Å²) in [5.41, 5.74) is 0.772. The van der Waals surface area contributed by atoms with Crippen LogP contribution in [0, 0.1) is 6.92 Å². The van der Waals surface area contributed by atoms with Crippen molar-refractivity contribution in [2.75, 3.05) is 7.05 Å². The molecule has 0 aromatic carbocycles. The molecule has 1 aromatic heterocycles. The molecule has 1 aromatic rings. The van der Waals surface area contributed by atoms with E-state index in [1.807, 2.05) is 6.92 Å². The first-order valence-electron chi connectivity index (χ1n) is 3.26. The Morgan fingerprint density at radius 1 is 1.50 bits per heavy atom. The molecule has 1 rings (SSSR count). The van der Waals surface area contributed by atoms with Crippen molar-refractivity contribution in [2.45, 2.75) is 6.92 Å². The Morgan fingerprint density at radius 3 is 2.25 bits per heavy atom. The molecule has 1 heterocycles. The van der Waals surface area contributed by atoms with Gasteiger partial charge in [0.1, 0.15) is 5.15 Å². The van der Waals surface area contributed by atoms with Crippen molar-refractivity contribution in [2.24, 2.45) is 0 Å². The van der Waals surface area contributed by atoms with E-state index in [0.717, 1.165) is 5.69 Å². The van der Waals surface area contributed by atoms with E-state index in [4.69, 9.17) is 16.4 Å². The van der Waals surface area contributed by atoms with Crippen LogP contribution in [0.15, 0.2) is 12.4 Å². The number of halogens is 1. The quantitative estimate of drug-likeness (QED) is 0.662. The number of hydrogen-bond acceptors (Lipinski definition) is 3. The minimum absolute atomic E-state index is 0.479. The molecule has 0 spiro atoms. The van der Waals surface area contributed by atoms with Crippen molar-refractivity contribution in [1.82, 2.24) is 15.3 Å². The average molecular weight is 188 g/mol. The number of aromatic nitrogens is 2. The van der Waals surface area contributed by atoms with Crippen LogP contribution in [0.4, 0.5) is 0 Å². The third kappa shape index (κ3) is 4.62. The fourth-order valence-electron chi connectivity index (χ4n) is 0.391. The van der Waals surface area contributed by atoms with Gasteiger partial charge in [-0.15, -0.1) is 0 Å². The summed E-state index contributed by atoms with van der Waals surface area (Å²) < 4.78 is 0. The maximum absolute atomic E-state index is 9.06. The van der Waals surface area contributed by atoms with Crippen LogP contribution in [0.25, 0.3) is 0 Å². The summed E-state index contributed by atoms with van der Waals surface area (Å²) in [5.74, 6) is 0. The van der Waals surface area contributed by atoms with Gasteiger partial charge in [0.25, 0.3) is 0 Å². The Hall–Kier alpha value is -1.16. The molecule has 1 amide bonds. The molecule has 0 aliphatic carbocycles. The number of amides is 1. The van der Waals surface area contributed by atoms with Crippen LogP contribution < -0.4 is 5.32 Å². The molecule has 66 valence electrons. The van der Waals surface area contributed by atoms with Gasteiger partial charge in [-0.25, -0.2) is 4.98 Å². The summed E-state index contributed by atoms with van der Waals surface area (Å²) in [5, 5.41) is 2.73. The van der Waals surface area contributed by atoms with Crippen molar-refractivity contribution in [1.29, 1.82) is 0 Å². The minimum atomic E-state index is 0.479. The lowest BCUT2D eigenvalue weighted by molar-refractivity contribution is -0.109. The van der Waals surface area contributed by atoms with Gasteiger partial charge in [0.2, 0.25) is 6.41 Å². The lowest BCUT2D eigenvalue weighted by Gasteiger charge is -1.89. The number of hydrogen-bond donors (Lipinski definition) is 1. The summed E-state index contributed by atoms with van der Waals surface area (Å²) in [6.07, 6.45) is 3.80. The van der Waals surface area contributed by atoms with Crippen LogP contribution in [0.2, 0.25) is 5.15 Å². The second kappa shape index (κ2) is 6.54. The van der Waals surface area contributed by atoms with E-state index in [0.29, 0.717) is 11.6 Å². The number of rotatable bonds is 1. The Kier molecular flexibility index (Phi) is 5.91. The van der Waals surface area contributed by atoms with Crippen LogP contribution >= 0.6 is 11.6 Å². The van der Waals surface area contributed by atoms with Gasteiger partial charge in [-0.2, -0.15) is 0 Å². The highest BCUT2D eigenvalue weighted by Crippen LogP contribution is 2.04. The first-order chi connectivity index (χ1) is 5.72. The maximum Gasteiger partial charge on any atom is 0.206 e. The zero-order valence-corrected chi connectivity index (χ0v) is 7.67. The SMILES string of the molecule is CNC=O.Cc1nccnc1Cl. The van der Waals surface area contributed by atoms with E-state index >= 15 is 0 Å². The van der Waals surface area contributed by atoms with Crippen LogP contribution in [0.1, 0.15) is 5.69 Å². The van der Waals surface area contributed by atoms with E-state index < -0.39 is 0 Å². The minimum Gasteiger partial charge on any atom is -0.362 e. The third-order valence-corrected chi connectivity index (χ3v) is 1.31. The van der Waals surface area contributed by atoms with E-state index in [9.17, 15) is 0 Å². The lowest BCUT2D eigenvalue weighted by atomic mass is 10.5. The predicted octanol–water partition coefficient (Wildman–Crippen LogP) is 0.801. The van der Waals surface area contributed by atoms with E-state index in [1.54, 1.807) is 19.4 Å². The molecule has 0 radical (unpaired) electrons. The molecule has 0 unspecified atom stereocenters. The molecular formula is C7H10ClN3O. The average Bonchev–Trinajstić information content (AvgIpc) is 2.11. The summed E-state index contributed by atoms with van der Waals surface area (Å²) in [6, 6.07) is 0. The van der Waals surface area contributed by atoms with Crippen molar-refractivity contribution in [3.63, 3.8) is 0 Å². The first-order valence-corrected chi connectivity index (χ1v) is 3.64. The lowest BCUT2D eigenvalue weighted by Crippen LogP contribution is -1.98. The van der Waals surface area contributed by atoms with Crippen LogP contribution in [0.3, 0.4) is 0 Å². The number of nitrogens with one attached hydrogen (secondary N) is 1. The number of nitrogens with zero attached hydrogens (tertiary/aromatic N) is 2. The predicted molar refractivity (Wildman–Crippen MR) is 46.9 cm³/mol. The van der Waals surface area contributed by atoms with E-state index in [-0.39, 0.29) is 0 Å². The van der Waals surface area contributed by atoms with Gasteiger partial charge in [0.15, 0.2) is 0 Å². The highest BCUT2D eigenvalue weighted by Gasteiger charge is 1.90. The van der Waals surface area contributed by atoms with E-state index in [2.05, 4.69) is 15.3 Å². The fraction of sp³-hybridized carbons (Fsp3) is 0.286. The van der Waals surface area contributed by atoms with Gasteiger partial charge < -0.3 is 5.32 Å². The molecule has 5 heteroatoms. The normalized spacial score (nSPS) is 7.92. The second-order valence-corrected chi connectivity index (χ2v) is 2.20. The van der Waals surface area contributed by atoms with Gasteiger partial charge in [-0.05, 0) is 6.92 Å². The summed E-state index contributed by atoms with van der Waals surface area (Å²) in [4.78, 5) is 16.7. The molecular weight excluding hydrogens is 178 g/mol. The van der Waals surface area contributed by atoms with Crippen molar-refractivity contribution >= 4 is 18.0 Å². The second-order valence-electron chi connectivity index (χ2n) is 1.84. The van der Waals surface area contributed by atoms with Gasteiger partial charge in [-0.3, -0.25) is 9.78 Å². The summed E-state index contributed by atoms with van der Waals surface area (Å²) >= 11 is 5.54. The smallest absolute Gasteiger partial charge is 0.206 e. The number of carbonyl (C=O) groups is 1. The molecule has 0 saturated heterocycles. The Labute approximate surface area is 76.0 Å². The van der Waals surface area contributed by atoms with Crippen LogP contribution in [-0.4, -0.2) is 23.4 Å². The standard InChI is InChI=1S/C5H5ClN2.C2H5NO/c1-4-5(6)8-3-2-7-4;1-3-2-4/h2-3H,1H3;2H,1H3,(H,3,4). The molecule has 0 saturated carbocycles. The molecule has 0 fully saturated rings. The number of aryl methyl sites for hydroxylation is 1. The molecule has 0 atom stereocenters. The molecule has 4 nitrogen and oxygen atoms in total. The van der Waals surface area contributed by atoms with E-state index in [1.165, 1.54) is 0 Å². The van der Waals surface area contributed by atoms with Gasteiger partial charge >= 0.3 is 0 Å². The topological polar surface area (TPSA) is 54.9 Å². The highest BCUT2D eigenvalue weighted by molar-refractivity contribution is 6.29. The molecule has 1 N–H and O–H groups in total. The van der Waals surface area contributed by atoms with Crippen LogP contribution in [0.5, 0.6) is 0 Å². The highest BCUT2D eigenvalue weighted by atomic mass is 35.5. The zero-order chi connectivity index (χ0) is 9.40. The van der Waals surface area contributed by atoms with Gasteiger partial charge in [0.05, 0.1) is 5.69 Å². The van der Waals surface area contributed by atoms with Gasteiger partial charge in [0, 0.05) is 19.4 Å². The Morgan fingerprint density at radius 2 is 2.00 bits per heavy atom. The Balaban J connectivity index is 0.000000261. The first kappa shape index (κ1) is 10.8. The zero-order valence-electron chi connectivity index (χ0n) is 6.91. The Bertz CT molecular complexity index is 221. The van der Waals surface area contributed by atoms with Crippen LogP contribution in [-0.2, 0) is 4.79 Å². The van der Waals surface area contributed by atoms with Crippen molar-refractivity contribution < 1.29 is 4.79 Å². The molecule has 0 bridgehead atoms. The molecule has 12 heavy (non-hydrogen) atoms. The molecule has 0 aliphatic rings. The summed E-state index contributed by atoms with van der Waals surface area (Å²) in [7, 11) is 1.56. The number of carbonyl (C=O) groups excluding carboxylic acids is 1. The fourth-order valence-corrected chi connectivity index (χ4v) is 0.496. The molecule has 0 aliphatic heterocycles. The maximum atomic E-state index is 9.06.